The molecule has 5 rings (SSSR count). The maximum absolute atomic E-state index is 12.8. The minimum atomic E-state index is 0.0467. The molecule has 30 heavy (non-hydrogen) atoms. The molecule has 0 radical (unpaired) electrons. The minimum absolute atomic E-state index is 0.0467. The fourth-order valence-electron chi connectivity index (χ4n) is 4.32. The van der Waals surface area contributed by atoms with Crippen LogP contribution in [0.25, 0.3) is 11.0 Å². The van der Waals surface area contributed by atoms with Crippen LogP contribution in [0.5, 0.6) is 0 Å². The van der Waals surface area contributed by atoms with Gasteiger partial charge in [0.15, 0.2) is 0 Å². The highest BCUT2D eigenvalue weighted by Crippen LogP contribution is 2.34. The second-order valence-electron chi connectivity index (χ2n) is 7.92. The van der Waals surface area contributed by atoms with E-state index in [0.717, 1.165) is 29.1 Å². The molecule has 1 saturated heterocycles. The average Bonchev–Trinajstić information content (AvgIpc) is 3.30. The molecule has 4 aromatic rings. The van der Waals surface area contributed by atoms with Crippen molar-refractivity contribution >= 4 is 34.2 Å². The molecule has 4 nitrogen and oxygen atoms in total. The van der Waals surface area contributed by atoms with Gasteiger partial charge >= 0.3 is 0 Å². The maximum Gasteiger partial charge on any atom is 0.227 e. The van der Waals surface area contributed by atoms with Crippen molar-refractivity contribution in [1.82, 2.24) is 9.55 Å². The monoisotopic (exact) mass is 415 g/mol. The molecule has 1 fully saturated rings. The van der Waals surface area contributed by atoms with Crippen LogP contribution in [0.15, 0.2) is 72.8 Å². The predicted molar refractivity (Wildman–Crippen MR) is 121 cm³/mol. The summed E-state index contributed by atoms with van der Waals surface area (Å²) in [7, 11) is 0. The molecule has 1 atom stereocenters. The highest BCUT2D eigenvalue weighted by molar-refractivity contribution is 6.30. The lowest BCUT2D eigenvalue weighted by atomic mass is 10.1. The Balaban J connectivity index is 1.52. The SMILES string of the molecule is Cc1cccc(Cn2c([C@H]3CC(=O)N(c4ccc(Cl)cc4)C3)nc3ccccc32)c1. The first-order chi connectivity index (χ1) is 14.6. The Labute approximate surface area is 180 Å². The molecule has 0 spiro atoms. The van der Waals surface area contributed by atoms with Gasteiger partial charge in [0.1, 0.15) is 5.82 Å². The number of hydrogen-bond donors (Lipinski definition) is 0. The van der Waals surface area contributed by atoms with Crippen molar-refractivity contribution in [3.8, 4) is 0 Å². The van der Waals surface area contributed by atoms with E-state index >= 15 is 0 Å². The van der Waals surface area contributed by atoms with Crippen LogP contribution in [-0.4, -0.2) is 22.0 Å². The lowest BCUT2D eigenvalue weighted by Crippen LogP contribution is -2.24. The van der Waals surface area contributed by atoms with Crippen molar-refractivity contribution < 1.29 is 4.79 Å². The predicted octanol–water partition coefficient (Wildman–Crippen LogP) is 5.57. The van der Waals surface area contributed by atoms with Crippen molar-refractivity contribution in [2.24, 2.45) is 0 Å². The number of benzene rings is 3. The van der Waals surface area contributed by atoms with Gasteiger partial charge in [-0.2, -0.15) is 0 Å². The van der Waals surface area contributed by atoms with Gasteiger partial charge in [0.05, 0.1) is 11.0 Å². The molecule has 0 aliphatic carbocycles. The van der Waals surface area contributed by atoms with Gasteiger partial charge in [-0.25, -0.2) is 4.98 Å². The van der Waals surface area contributed by atoms with Gasteiger partial charge < -0.3 is 9.47 Å². The molecule has 3 aromatic carbocycles. The number of aromatic nitrogens is 2. The quantitative estimate of drug-likeness (QED) is 0.437. The molecule has 1 aliphatic heterocycles. The van der Waals surface area contributed by atoms with Crippen LogP contribution in [0.1, 0.15) is 29.3 Å². The summed E-state index contributed by atoms with van der Waals surface area (Å²) in [6, 6.07) is 24.2. The summed E-state index contributed by atoms with van der Waals surface area (Å²) >= 11 is 6.02. The highest BCUT2D eigenvalue weighted by atomic mass is 35.5. The third-order valence-corrected chi connectivity index (χ3v) is 5.99. The van der Waals surface area contributed by atoms with Crippen LogP contribution < -0.4 is 4.90 Å². The topological polar surface area (TPSA) is 38.1 Å². The van der Waals surface area contributed by atoms with Crippen LogP contribution in [0.2, 0.25) is 5.02 Å². The summed E-state index contributed by atoms with van der Waals surface area (Å²) in [4.78, 5) is 19.6. The van der Waals surface area contributed by atoms with Crippen LogP contribution in [0.4, 0.5) is 5.69 Å². The van der Waals surface area contributed by atoms with Crippen molar-refractivity contribution in [2.45, 2.75) is 25.8 Å². The van der Waals surface area contributed by atoms with Crippen molar-refractivity contribution in [1.29, 1.82) is 0 Å². The minimum Gasteiger partial charge on any atom is -0.323 e. The molecule has 5 heteroatoms. The van der Waals surface area contributed by atoms with E-state index in [1.165, 1.54) is 11.1 Å². The molecule has 1 amide bonds. The number of carbonyl (C=O) groups is 1. The summed E-state index contributed by atoms with van der Waals surface area (Å²) in [5.41, 5.74) is 5.43. The molecular formula is C25H22ClN3O. The number of aryl methyl sites for hydroxylation is 1. The van der Waals surface area contributed by atoms with Crippen LogP contribution >= 0.6 is 11.6 Å². The number of anilines is 1. The average molecular weight is 416 g/mol. The van der Waals surface area contributed by atoms with Crippen LogP contribution in [-0.2, 0) is 11.3 Å². The van der Waals surface area contributed by atoms with Crippen LogP contribution in [0, 0.1) is 6.92 Å². The Kier molecular flexibility index (Phi) is 4.80. The van der Waals surface area contributed by atoms with E-state index in [9.17, 15) is 4.79 Å². The second-order valence-corrected chi connectivity index (χ2v) is 8.35. The van der Waals surface area contributed by atoms with E-state index in [0.29, 0.717) is 18.0 Å². The lowest BCUT2D eigenvalue weighted by molar-refractivity contribution is -0.117. The van der Waals surface area contributed by atoms with Crippen molar-refractivity contribution in [3.05, 3.63) is 94.8 Å². The number of fused-ring (bicyclic) bond motifs is 1. The fourth-order valence-corrected chi connectivity index (χ4v) is 4.44. The zero-order valence-corrected chi connectivity index (χ0v) is 17.5. The summed E-state index contributed by atoms with van der Waals surface area (Å²) in [5, 5.41) is 0.668. The number of rotatable bonds is 4. The molecule has 2 heterocycles. The van der Waals surface area contributed by atoms with E-state index < -0.39 is 0 Å². The maximum atomic E-state index is 12.8. The number of amides is 1. The largest absolute Gasteiger partial charge is 0.323 e. The Morgan fingerprint density at radius 1 is 1.03 bits per heavy atom. The molecule has 0 unspecified atom stereocenters. The smallest absolute Gasteiger partial charge is 0.227 e. The van der Waals surface area contributed by atoms with Gasteiger partial charge in [0.2, 0.25) is 5.91 Å². The van der Waals surface area contributed by atoms with Crippen LogP contribution in [0.3, 0.4) is 0 Å². The molecule has 1 aromatic heterocycles. The van der Waals surface area contributed by atoms with E-state index in [1.54, 1.807) is 0 Å². The van der Waals surface area contributed by atoms with E-state index in [1.807, 2.05) is 47.4 Å². The fraction of sp³-hybridized carbons (Fsp3) is 0.200. The van der Waals surface area contributed by atoms with E-state index in [-0.39, 0.29) is 11.8 Å². The van der Waals surface area contributed by atoms with E-state index in [4.69, 9.17) is 16.6 Å². The number of nitrogens with zero attached hydrogens (tertiary/aromatic N) is 3. The number of halogens is 1. The van der Waals surface area contributed by atoms with Gasteiger partial charge in [-0.3, -0.25) is 4.79 Å². The molecule has 0 bridgehead atoms. The zero-order chi connectivity index (χ0) is 20.7. The third-order valence-electron chi connectivity index (χ3n) is 5.74. The molecule has 150 valence electrons. The van der Waals surface area contributed by atoms with Gasteiger partial charge in [-0.1, -0.05) is 53.6 Å². The Morgan fingerprint density at radius 2 is 1.83 bits per heavy atom. The molecule has 0 N–H and O–H groups in total. The molecule has 1 aliphatic rings. The second kappa shape index (κ2) is 7.62. The van der Waals surface area contributed by atoms with Crippen molar-refractivity contribution in [2.75, 3.05) is 11.4 Å². The van der Waals surface area contributed by atoms with Crippen molar-refractivity contribution in [3.63, 3.8) is 0 Å². The number of imidazole rings is 1. The Hall–Kier alpha value is -3.11. The molecular weight excluding hydrogens is 394 g/mol. The number of para-hydroxylation sites is 2. The molecule has 0 saturated carbocycles. The summed E-state index contributed by atoms with van der Waals surface area (Å²) in [6.45, 7) is 3.47. The first kappa shape index (κ1) is 18.9. The highest BCUT2D eigenvalue weighted by Gasteiger charge is 2.34. The Morgan fingerprint density at radius 3 is 2.63 bits per heavy atom. The van der Waals surface area contributed by atoms with Gasteiger partial charge in [-0.05, 0) is 48.9 Å². The normalized spacial score (nSPS) is 16.5. The lowest BCUT2D eigenvalue weighted by Gasteiger charge is -2.17. The van der Waals surface area contributed by atoms with Gasteiger partial charge in [-0.15, -0.1) is 0 Å². The van der Waals surface area contributed by atoms with Gasteiger partial charge in [0.25, 0.3) is 0 Å². The first-order valence-corrected chi connectivity index (χ1v) is 10.5. The standard InChI is InChI=1S/C25H22ClN3O/c1-17-5-4-6-18(13-17)15-29-23-8-3-2-7-22(23)27-25(29)19-14-24(30)28(16-19)21-11-9-20(26)10-12-21/h2-13,19H,14-16H2,1H3/t19-/m0/s1. The summed E-state index contributed by atoms with van der Waals surface area (Å²) in [6.07, 6.45) is 0.458. The summed E-state index contributed by atoms with van der Waals surface area (Å²) in [5.74, 6) is 1.14. The number of hydrogen-bond acceptors (Lipinski definition) is 2. The first-order valence-electron chi connectivity index (χ1n) is 10.1. The summed E-state index contributed by atoms with van der Waals surface area (Å²) < 4.78 is 2.27. The van der Waals surface area contributed by atoms with Gasteiger partial charge in [0, 0.05) is 36.1 Å². The Bertz CT molecular complexity index is 1230. The third kappa shape index (κ3) is 3.48. The zero-order valence-electron chi connectivity index (χ0n) is 16.8. The number of carbonyl (C=O) groups excluding carboxylic acids is 1. The van der Waals surface area contributed by atoms with E-state index in [2.05, 4.69) is 41.8 Å².